The van der Waals surface area contributed by atoms with Crippen LogP contribution in [0.2, 0.25) is 0 Å². The highest BCUT2D eigenvalue weighted by molar-refractivity contribution is 5.41. The van der Waals surface area contributed by atoms with Crippen LogP contribution in [0.1, 0.15) is 12.8 Å². The Morgan fingerprint density at radius 2 is 2.37 bits per heavy atom. The van der Waals surface area contributed by atoms with Crippen LogP contribution in [-0.4, -0.2) is 38.3 Å². The maximum Gasteiger partial charge on any atom is 0.387 e. The molecule has 1 aromatic rings. The fourth-order valence-corrected chi connectivity index (χ4v) is 2.46. The summed E-state index contributed by atoms with van der Waals surface area (Å²) in [6.45, 7) is 0.0940. The van der Waals surface area contributed by atoms with E-state index in [0.717, 1.165) is 31.9 Å². The van der Waals surface area contributed by atoms with Gasteiger partial charge in [-0.05, 0) is 44.5 Å². The van der Waals surface area contributed by atoms with Crippen molar-refractivity contribution in [3.63, 3.8) is 0 Å². The second-order valence-electron chi connectivity index (χ2n) is 4.74. The van der Waals surface area contributed by atoms with Crippen LogP contribution < -0.4 is 15.0 Å². The molecule has 2 heterocycles. The Morgan fingerprint density at radius 3 is 3.00 bits per heavy atom. The highest BCUT2D eigenvalue weighted by Gasteiger charge is 2.20. The Labute approximate surface area is 111 Å². The number of rotatable bonds is 5. The van der Waals surface area contributed by atoms with E-state index < -0.39 is 6.61 Å². The van der Waals surface area contributed by atoms with Crippen molar-refractivity contribution in [2.75, 3.05) is 31.6 Å². The van der Waals surface area contributed by atoms with Crippen LogP contribution in [0.5, 0.6) is 5.75 Å². The molecule has 19 heavy (non-hydrogen) atoms. The zero-order valence-electron chi connectivity index (χ0n) is 11.0. The van der Waals surface area contributed by atoms with Gasteiger partial charge in [0, 0.05) is 13.1 Å². The number of aromatic nitrogens is 1. The Hall–Kier alpha value is -1.43. The zero-order valence-corrected chi connectivity index (χ0v) is 11.0. The summed E-state index contributed by atoms with van der Waals surface area (Å²) < 4.78 is 28.4. The van der Waals surface area contributed by atoms with E-state index >= 15 is 0 Å². The first kappa shape index (κ1) is 14.0. The molecule has 0 bridgehead atoms. The molecule has 1 aromatic heterocycles. The van der Waals surface area contributed by atoms with Gasteiger partial charge in [-0.15, -0.1) is 0 Å². The van der Waals surface area contributed by atoms with Crippen molar-refractivity contribution in [1.82, 2.24) is 10.3 Å². The summed E-state index contributed by atoms with van der Waals surface area (Å²) >= 11 is 0. The van der Waals surface area contributed by atoms with Crippen LogP contribution in [0.4, 0.5) is 14.6 Å². The largest absolute Gasteiger partial charge is 0.433 e. The number of ether oxygens (including phenoxy) is 1. The summed E-state index contributed by atoms with van der Waals surface area (Å²) in [7, 11) is 1.95. The molecule has 0 aromatic carbocycles. The normalized spacial score (nSPS) is 19.8. The molecule has 1 atom stereocenters. The van der Waals surface area contributed by atoms with E-state index in [2.05, 4.69) is 19.9 Å². The molecule has 1 aliphatic heterocycles. The molecule has 106 valence electrons. The van der Waals surface area contributed by atoms with Gasteiger partial charge in [0.2, 0.25) is 0 Å². The number of piperidine rings is 1. The quantitative estimate of drug-likeness (QED) is 0.890. The number of hydrogen-bond donors (Lipinski definition) is 1. The van der Waals surface area contributed by atoms with Crippen molar-refractivity contribution in [3.05, 3.63) is 18.3 Å². The lowest BCUT2D eigenvalue weighted by molar-refractivity contribution is -0.0500. The van der Waals surface area contributed by atoms with Gasteiger partial charge in [-0.3, -0.25) is 0 Å². The minimum absolute atomic E-state index is 0.0996. The molecule has 1 fully saturated rings. The van der Waals surface area contributed by atoms with Gasteiger partial charge in [-0.1, -0.05) is 0 Å². The van der Waals surface area contributed by atoms with E-state index in [9.17, 15) is 8.78 Å². The molecular weight excluding hydrogens is 252 g/mol. The van der Waals surface area contributed by atoms with Crippen molar-refractivity contribution < 1.29 is 13.5 Å². The molecule has 2 rings (SSSR count). The van der Waals surface area contributed by atoms with Crippen LogP contribution in [0, 0.1) is 5.92 Å². The van der Waals surface area contributed by atoms with Crippen molar-refractivity contribution in [2.45, 2.75) is 19.5 Å². The SMILES string of the molecule is CNCC1CCCN(c2ccc(OC(F)F)cn2)C1. The van der Waals surface area contributed by atoms with E-state index in [1.54, 1.807) is 6.07 Å². The van der Waals surface area contributed by atoms with Gasteiger partial charge in [0.1, 0.15) is 11.6 Å². The van der Waals surface area contributed by atoms with Gasteiger partial charge < -0.3 is 15.0 Å². The maximum atomic E-state index is 12.0. The molecule has 0 saturated carbocycles. The highest BCUT2D eigenvalue weighted by atomic mass is 19.3. The third-order valence-electron chi connectivity index (χ3n) is 3.28. The lowest BCUT2D eigenvalue weighted by Gasteiger charge is -2.33. The van der Waals surface area contributed by atoms with E-state index in [0.29, 0.717) is 5.92 Å². The predicted molar refractivity (Wildman–Crippen MR) is 69.7 cm³/mol. The molecule has 1 N–H and O–H groups in total. The maximum absolute atomic E-state index is 12.0. The third-order valence-corrected chi connectivity index (χ3v) is 3.28. The minimum atomic E-state index is -2.80. The molecule has 1 aliphatic rings. The smallest absolute Gasteiger partial charge is 0.387 e. The first-order valence-corrected chi connectivity index (χ1v) is 6.49. The van der Waals surface area contributed by atoms with E-state index in [1.165, 1.54) is 18.7 Å². The van der Waals surface area contributed by atoms with Crippen molar-refractivity contribution in [1.29, 1.82) is 0 Å². The standard InChI is InChI=1S/C13H19F2N3O/c1-16-7-10-3-2-6-18(9-10)12-5-4-11(8-17-12)19-13(14)15/h4-5,8,10,13,16H,2-3,6-7,9H2,1H3. The predicted octanol–water partition coefficient (Wildman–Crippen LogP) is 2.12. The number of alkyl halides is 2. The van der Waals surface area contributed by atoms with Gasteiger partial charge in [-0.2, -0.15) is 8.78 Å². The van der Waals surface area contributed by atoms with Gasteiger partial charge in [0.15, 0.2) is 0 Å². The molecule has 1 unspecified atom stereocenters. The fourth-order valence-electron chi connectivity index (χ4n) is 2.46. The molecule has 0 spiro atoms. The van der Waals surface area contributed by atoms with E-state index in [-0.39, 0.29) is 5.75 Å². The van der Waals surface area contributed by atoms with Gasteiger partial charge >= 0.3 is 6.61 Å². The number of halogens is 2. The summed E-state index contributed by atoms with van der Waals surface area (Å²) in [6.07, 6.45) is 3.69. The summed E-state index contributed by atoms with van der Waals surface area (Å²) in [5, 5.41) is 3.19. The van der Waals surface area contributed by atoms with Crippen molar-refractivity contribution >= 4 is 5.82 Å². The Kier molecular flexibility index (Phi) is 4.90. The lowest BCUT2D eigenvalue weighted by Crippen LogP contribution is -2.39. The minimum Gasteiger partial charge on any atom is -0.433 e. The molecule has 1 saturated heterocycles. The summed E-state index contributed by atoms with van der Waals surface area (Å²) in [6, 6.07) is 3.27. The second kappa shape index (κ2) is 6.65. The molecule has 6 heteroatoms. The van der Waals surface area contributed by atoms with Crippen LogP contribution in [-0.2, 0) is 0 Å². The van der Waals surface area contributed by atoms with Gasteiger partial charge in [0.05, 0.1) is 6.20 Å². The molecular formula is C13H19F2N3O. The zero-order chi connectivity index (χ0) is 13.7. The average molecular weight is 271 g/mol. The van der Waals surface area contributed by atoms with E-state index in [4.69, 9.17) is 0 Å². The molecule has 4 nitrogen and oxygen atoms in total. The number of nitrogens with zero attached hydrogens (tertiary/aromatic N) is 2. The topological polar surface area (TPSA) is 37.4 Å². The molecule has 0 amide bonds. The second-order valence-corrected chi connectivity index (χ2v) is 4.74. The van der Waals surface area contributed by atoms with Crippen molar-refractivity contribution in [2.24, 2.45) is 5.92 Å². The summed E-state index contributed by atoms with van der Waals surface area (Å²) in [5.74, 6) is 1.53. The van der Waals surface area contributed by atoms with Crippen molar-refractivity contribution in [3.8, 4) is 5.75 Å². The Bertz CT molecular complexity index is 384. The summed E-state index contributed by atoms with van der Waals surface area (Å²) in [4.78, 5) is 6.39. The summed E-state index contributed by atoms with van der Waals surface area (Å²) in [5.41, 5.74) is 0. The number of nitrogens with one attached hydrogen (secondary N) is 1. The highest BCUT2D eigenvalue weighted by Crippen LogP contribution is 2.23. The van der Waals surface area contributed by atoms with E-state index in [1.807, 2.05) is 7.05 Å². The first-order chi connectivity index (χ1) is 9.19. The average Bonchev–Trinajstić information content (AvgIpc) is 2.40. The lowest BCUT2D eigenvalue weighted by atomic mass is 9.98. The number of pyridine rings is 1. The monoisotopic (exact) mass is 271 g/mol. The van der Waals surface area contributed by atoms with Gasteiger partial charge in [0.25, 0.3) is 0 Å². The Balaban J connectivity index is 1.97. The number of hydrogen-bond acceptors (Lipinski definition) is 4. The first-order valence-electron chi connectivity index (χ1n) is 6.49. The molecule has 0 radical (unpaired) electrons. The number of anilines is 1. The fraction of sp³-hybridized carbons (Fsp3) is 0.615. The van der Waals surface area contributed by atoms with Crippen LogP contribution in [0.3, 0.4) is 0 Å². The third kappa shape index (κ3) is 4.02. The van der Waals surface area contributed by atoms with Gasteiger partial charge in [-0.25, -0.2) is 4.98 Å². The van der Waals surface area contributed by atoms with Crippen LogP contribution >= 0.6 is 0 Å². The Morgan fingerprint density at radius 1 is 1.53 bits per heavy atom. The van der Waals surface area contributed by atoms with Crippen LogP contribution in [0.15, 0.2) is 18.3 Å². The van der Waals surface area contributed by atoms with Crippen LogP contribution in [0.25, 0.3) is 0 Å². The molecule has 0 aliphatic carbocycles.